The van der Waals surface area contributed by atoms with Gasteiger partial charge in [-0.15, -0.1) is 10.2 Å². The van der Waals surface area contributed by atoms with Crippen LogP contribution in [-0.2, 0) is 10.0 Å². The molecular formula is C22H28N4O2S2. The fourth-order valence-corrected chi connectivity index (χ4v) is 5.52. The van der Waals surface area contributed by atoms with Crippen molar-refractivity contribution in [1.82, 2.24) is 19.1 Å². The lowest BCUT2D eigenvalue weighted by Crippen LogP contribution is -2.30. The summed E-state index contributed by atoms with van der Waals surface area (Å²) in [6.45, 7) is 8.88. The summed E-state index contributed by atoms with van der Waals surface area (Å²) in [6, 6.07) is 16.9. The molecule has 6 nitrogen and oxygen atoms in total. The highest BCUT2D eigenvalue weighted by Gasteiger charge is 2.23. The quantitative estimate of drug-likeness (QED) is 0.447. The van der Waals surface area contributed by atoms with Crippen LogP contribution in [0.4, 0.5) is 0 Å². The van der Waals surface area contributed by atoms with E-state index in [0.29, 0.717) is 24.8 Å². The molecule has 0 aliphatic heterocycles. The summed E-state index contributed by atoms with van der Waals surface area (Å²) in [5, 5.41) is 9.64. The van der Waals surface area contributed by atoms with Gasteiger partial charge in [-0.3, -0.25) is 4.57 Å². The number of benzene rings is 2. The van der Waals surface area contributed by atoms with Gasteiger partial charge in [-0.25, -0.2) is 8.42 Å². The molecule has 30 heavy (non-hydrogen) atoms. The first-order chi connectivity index (χ1) is 14.4. The van der Waals surface area contributed by atoms with Gasteiger partial charge in [0.1, 0.15) is 0 Å². The number of hydrogen-bond donors (Lipinski definition) is 0. The molecule has 0 spiro atoms. The van der Waals surface area contributed by atoms with E-state index in [-0.39, 0.29) is 4.90 Å². The van der Waals surface area contributed by atoms with Crippen molar-refractivity contribution in [2.24, 2.45) is 5.92 Å². The molecule has 0 bridgehead atoms. The standard InChI is InChI=1S/C22H28N4O2S2/c1-5-25(6-2)30(27,28)20-14-10-11-18(15-20)21-23-24-22(29-16-17(3)4)26(21)19-12-8-7-9-13-19/h7-15,17H,5-6,16H2,1-4H3. The van der Waals surface area contributed by atoms with Gasteiger partial charge in [0, 0.05) is 30.1 Å². The molecule has 0 amide bonds. The Balaban J connectivity index is 2.10. The van der Waals surface area contributed by atoms with Crippen LogP contribution in [-0.4, -0.2) is 46.3 Å². The van der Waals surface area contributed by atoms with Gasteiger partial charge in [0.15, 0.2) is 11.0 Å². The van der Waals surface area contributed by atoms with Crippen molar-refractivity contribution in [3.63, 3.8) is 0 Å². The van der Waals surface area contributed by atoms with Crippen LogP contribution >= 0.6 is 11.8 Å². The van der Waals surface area contributed by atoms with E-state index in [1.54, 1.807) is 30.0 Å². The first-order valence-electron chi connectivity index (χ1n) is 10.1. The van der Waals surface area contributed by atoms with Crippen LogP contribution in [0.1, 0.15) is 27.7 Å². The molecular weight excluding hydrogens is 416 g/mol. The number of sulfonamides is 1. The number of hydrogen-bond acceptors (Lipinski definition) is 5. The third-order valence-corrected chi connectivity index (χ3v) is 8.03. The van der Waals surface area contributed by atoms with Gasteiger partial charge < -0.3 is 0 Å². The third kappa shape index (κ3) is 4.77. The molecule has 0 aliphatic carbocycles. The van der Waals surface area contributed by atoms with Crippen molar-refractivity contribution in [1.29, 1.82) is 0 Å². The maximum absolute atomic E-state index is 13.0. The average Bonchev–Trinajstić information content (AvgIpc) is 3.17. The summed E-state index contributed by atoms with van der Waals surface area (Å²) >= 11 is 1.65. The molecule has 0 fully saturated rings. The highest BCUT2D eigenvalue weighted by molar-refractivity contribution is 7.99. The van der Waals surface area contributed by atoms with E-state index >= 15 is 0 Å². The van der Waals surface area contributed by atoms with Crippen LogP contribution < -0.4 is 0 Å². The largest absolute Gasteiger partial charge is 0.270 e. The molecule has 3 aromatic rings. The molecule has 8 heteroatoms. The Morgan fingerprint density at radius 1 is 1.00 bits per heavy atom. The zero-order valence-corrected chi connectivity index (χ0v) is 19.4. The molecule has 2 aromatic carbocycles. The summed E-state index contributed by atoms with van der Waals surface area (Å²) < 4.78 is 29.4. The predicted octanol–water partition coefficient (Wildman–Crippen LogP) is 4.71. The van der Waals surface area contributed by atoms with Gasteiger partial charge in [-0.05, 0) is 30.2 Å². The van der Waals surface area contributed by atoms with Crippen molar-refractivity contribution in [3.8, 4) is 17.1 Å². The minimum absolute atomic E-state index is 0.266. The minimum Gasteiger partial charge on any atom is -0.270 e. The number of nitrogens with zero attached hydrogens (tertiary/aromatic N) is 4. The highest BCUT2D eigenvalue weighted by Crippen LogP contribution is 2.30. The fraction of sp³-hybridized carbons (Fsp3) is 0.364. The molecule has 0 saturated heterocycles. The Bertz CT molecular complexity index is 1080. The summed E-state index contributed by atoms with van der Waals surface area (Å²) in [5.41, 5.74) is 1.66. The molecule has 160 valence electrons. The third-order valence-electron chi connectivity index (χ3n) is 4.63. The lowest BCUT2D eigenvalue weighted by atomic mass is 10.2. The fourth-order valence-electron chi connectivity index (χ4n) is 3.11. The smallest absolute Gasteiger partial charge is 0.243 e. The predicted molar refractivity (Wildman–Crippen MR) is 122 cm³/mol. The van der Waals surface area contributed by atoms with Crippen molar-refractivity contribution in [3.05, 3.63) is 54.6 Å². The molecule has 3 rings (SSSR count). The zero-order valence-electron chi connectivity index (χ0n) is 17.8. The van der Waals surface area contributed by atoms with E-state index in [1.165, 1.54) is 4.31 Å². The van der Waals surface area contributed by atoms with E-state index in [9.17, 15) is 8.42 Å². The second kappa shape index (κ2) is 9.76. The van der Waals surface area contributed by atoms with E-state index in [4.69, 9.17) is 0 Å². The first kappa shape index (κ1) is 22.5. The number of thioether (sulfide) groups is 1. The number of para-hydroxylation sites is 1. The average molecular weight is 445 g/mol. The Kier molecular flexibility index (Phi) is 7.33. The molecule has 1 heterocycles. The van der Waals surface area contributed by atoms with Gasteiger partial charge in [0.2, 0.25) is 10.0 Å². The number of rotatable bonds is 9. The van der Waals surface area contributed by atoms with Crippen LogP contribution in [0.2, 0.25) is 0 Å². The number of aromatic nitrogens is 3. The van der Waals surface area contributed by atoms with Gasteiger partial charge in [0.05, 0.1) is 4.90 Å². The maximum atomic E-state index is 13.0. The van der Waals surface area contributed by atoms with Gasteiger partial charge in [0.25, 0.3) is 0 Å². The topological polar surface area (TPSA) is 68.1 Å². The zero-order chi connectivity index (χ0) is 21.7. The molecule has 1 aromatic heterocycles. The van der Waals surface area contributed by atoms with Gasteiger partial charge in [-0.2, -0.15) is 4.31 Å². The minimum atomic E-state index is -3.55. The van der Waals surface area contributed by atoms with Crippen LogP contribution in [0, 0.1) is 5.92 Å². The second-order valence-electron chi connectivity index (χ2n) is 7.30. The van der Waals surface area contributed by atoms with E-state index < -0.39 is 10.0 Å². The first-order valence-corrected chi connectivity index (χ1v) is 12.5. The van der Waals surface area contributed by atoms with E-state index in [0.717, 1.165) is 22.2 Å². The Labute approximate surface area is 183 Å². The highest BCUT2D eigenvalue weighted by atomic mass is 32.2. The summed E-state index contributed by atoms with van der Waals surface area (Å²) in [7, 11) is -3.55. The van der Waals surface area contributed by atoms with Crippen LogP contribution in [0.5, 0.6) is 0 Å². The van der Waals surface area contributed by atoms with Crippen LogP contribution in [0.25, 0.3) is 17.1 Å². The Morgan fingerprint density at radius 3 is 2.33 bits per heavy atom. The van der Waals surface area contributed by atoms with E-state index in [2.05, 4.69) is 24.0 Å². The van der Waals surface area contributed by atoms with Gasteiger partial charge in [-0.1, -0.05) is 69.8 Å². The van der Waals surface area contributed by atoms with Crippen molar-refractivity contribution in [2.45, 2.75) is 37.7 Å². The summed E-state index contributed by atoms with van der Waals surface area (Å²) in [6.07, 6.45) is 0. The maximum Gasteiger partial charge on any atom is 0.243 e. The molecule has 0 atom stereocenters. The van der Waals surface area contributed by atoms with Crippen molar-refractivity contribution >= 4 is 21.8 Å². The summed E-state index contributed by atoms with van der Waals surface area (Å²) in [5.74, 6) is 2.06. The monoisotopic (exact) mass is 444 g/mol. The molecule has 0 saturated carbocycles. The van der Waals surface area contributed by atoms with Crippen LogP contribution in [0.3, 0.4) is 0 Å². The Morgan fingerprint density at radius 2 is 1.70 bits per heavy atom. The lowest BCUT2D eigenvalue weighted by molar-refractivity contribution is 0.445. The normalized spacial score (nSPS) is 12.1. The lowest BCUT2D eigenvalue weighted by Gasteiger charge is -2.19. The second-order valence-corrected chi connectivity index (χ2v) is 10.2. The molecule has 0 N–H and O–H groups in total. The summed E-state index contributed by atoms with van der Waals surface area (Å²) in [4.78, 5) is 0.266. The van der Waals surface area contributed by atoms with Gasteiger partial charge >= 0.3 is 0 Å². The van der Waals surface area contributed by atoms with Crippen molar-refractivity contribution in [2.75, 3.05) is 18.8 Å². The Hall–Kier alpha value is -2.16. The molecule has 0 unspecified atom stereocenters. The SMILES string of the molecule is CCN(CC)S(=O)(=O)c1cccc(-c2nnc(SCC(C)C)n2-c2ccccc2)c1. The van der Waals surface area contributed by atoms with E-state index in [1.807, 2.05) is 54.8 Å². The molecule has 0 aliphatic rings. The molecule has 0 radical (unpaired) electrons. The van der Waals surface area contributed by atoms with Crippen molar-refractivity contribution < 1.29 is 8.42 Å². The van der Waals surface area contributed by atoms with Crippen LogP contribution in [0.15, 0.2) is 64.6 Å².